The highest BCUT2D eigenvalue weighted by atomic mass is 15.4. The molecule has 0 aliphatic rings. The third-order valence-corrected chi connectivity index (χ3v) is 2.60. The van der Waals surface area contributed by atoms with E-state index in [0.29, 0.717) is 0 Å². The molecule has 1 atom stereocenters. The van der Waals surface area contributed by atoms with Crippen molar-refractivity contribution in [2.24, 2.45) is 12.8 Å². The topological polar surface area (TPSA) is 69.6 Å². The maximum atomic E-state index is 6.07. The molecule has 84 valence electrons. The van der Waals surface area contributed by atoms with Crippen molar-refractivity contribution in [3.63, 3.8) is 0 Å². The number of aromatic nitrogens is 4. The number of pyridine rings is 1. The Balaban J connectivity index is 1.94. The lowest BCUT2D eigenvalue weighted by molar-refractivity contribution is 0.576. The second-order valence-corrected chi connectivity index (χ2v) is 3.79. The fourth-order valence-corrected chi connectivity index (χ4v) is 1.65. The van der Waals surface area contributed by atoms with E-state index in [0.717, 1.165) is 18.5 Å². The zero-order chi connectivity index (χ0) is 11.4. The lowest BCUT2D eigenvalue weighted by atomic mass is 10.1. The van der Waals surface area contributed by atoms with Crippen LogP contribution in [0.4, 0.5) is 0 Å². The van der Waals surface area contributed by atoms with Crippen LogP contribution in [0.1, 0.15) is 23.7 Å². The fourth-order valence-electron chi connectivity index (χ4n) is 1.65. The summed E-state index contributed by atoms with van der Waals surface area (Å²) in [5.74, 6) is 0. The van der Waals surface area contributed by atoms with Gasteiger partial charge in [-0.3, -0.25) is 9.67 Å². The van der Waals surface area contributed by atoms with Crippen molar-refractivity contribution in [1.29, 1.82) is 0 Å². The molecule has 2 aromatic heterocycles. The Kier molecular flexibility index (Phi) is 3.26. The summed E-state index contributed by atoms with van der Waals surface area (Å²) >= 11 is 0. The SMILES string of the molecule is Cn1nncc1C(N)CCc1cccnc1. The molecule has 0 bridgehead atoms. The first-order chi connectivity index (χ1) is 7.77. The van der Waals surface area contributed by atoms with Gasteiger partial charge in [-0.1, -0.05) is 11.3 Å². The number of hydrogen-bond acceptors (Lipinski definition) is 4. The number of nitrogens with zero attached hydrogens (tertiary/aromatic N) is 4. The van der Waals surface area contributed by atoms with Crippen LogP contribution in [-0.4, -0.2) is 20.0 Å². The highest BCUT2D eigenvalue weighted by Crippen LogP contribution is 2.14. The molecule has 2 N–H and O–H groups in total. The third-order valence-electron chi connectivity index (χ3n) is 2.60. The molecule has 0 amide bonds. The standard InChI is InChI=1S/C11H15N5/c1-16-11(8-14-15-16)10(12)5-4-9-3-2-6-13-7-9/h2-3,6-8,10H,4-5,12H2,1H3. The Labute approximate surface area is 94.3 Å². The van der Waals surface area contributed by atoms with Gasteiger partial charge in [0.1, 0.15) is 0 Å². The van der Waals surface area contributed by atoms with Gasteiger partial charge < -0.3 is 5.73 Å². The molecule has 0 spiro atoms. The van der Waals surface area contributed by atoms with Crippen molar-refractivity contribution in [1.82, 2.24) is 20.0 Å². The van der Waals surface area contributed by atoms with Gasteiger partial charge >= 0.3 is 0 Å². The van der Waals surface area contributed by atoms with E-state index in [2.05, 4.69) is 21.4 Å². The molecule has 0 saturated heterocycles. The molecule has 0 fully saturated rings. The molecular formula is C11H15N5. The molecule has 0 saturated carbocycles. The molecular weight excluding hydrogens is 202 g/mol. The summed E-state index contributed by atoms with van der Waals surface area (Å²) < 4.78 is 1.72. The second-order valence-electron chi connectivity index (χ2n) is 3.79. The molecule has 0 radical (unpaired) electrons. The van der Waals surface area contributed by atoms with Gasteiger partial charge in [0, 0.05) is 25.5 Å². The van der Waals surface area contributed by atoms with Crippen molar-refractivity contribution in [3.05, 3.63) is 42.0 Å². The van der Waals surface area contributed by atoms with Crippen LogP contribution in [0.5, 0.6) is 0 Å². The molecule has 2 aromatic rings. The average Bonchev–Trinajstić information content (AvgIpc) is 2.74. The quantitative estimate of drug-likeness (QED) is 0.824. The van der Waals surface area contributed by atoms with Gasteiger partial charge in [-0.25, -0.2) is 0 Å². The first-order valence-corrected chi connectivity index (χ1v) is 5.26. The van der Waals surface area contributed by atoms with Crippen LogP contribution in [0.25, 0.3) is 0 Å². The predicted molar refractivity (Wildman–Crippen MR) is 60.5 cm³/mol. The predicted octanol–water partition coefficient (Wildman–Crippen LogP) is 0.843. The van der Waals surface area contributed by atoms with Gasteiger partial charge in [0.2, 0.25) is 0 Å². The Morgan fingerprint density at radius 1 is 1.44 bits per heavy atom. The van der Waals surface area contributed by atoms with Crippen molar-refractivity contribution in [2.75, 3.05) is 0 Å². The van der Waals surface area contributed by atoms with Gasteiger partial charge in [-0.15, -0.1) is 5.10 Å². The van der Waals surface area contributed by atoms with Crippen molar-refractivity contribution in [3.8, 4) is 0 Å². The maximum Gasteiger partial charge on any atom is 0.0751 e. The van der Waals surface area contributed by atoms with Crippen LogP contribution in [0, 0.1) is 0 Å². The van der Waals surface area contributed by atoms with Crippen LogP contribution < -0.4 is 5.73 Å². The number of nitrogens with two attached hydrogens (primary N) is 1. The molecule has 2 rings (SSSR count). The molecule has 0 aromatic carbocycles. The maximum absolute atomic E-state index is 6.07. The minimum absolute atomic E-state index is 0.0276. The molecule has 2 heterocycles. The first kappa shape index (κ1) is 10.8. The average molecular weight is 217 g/mol. The van der Waals surface area contributed by atoms with Crippen molar-refractivity contribution < 1.29 is 0 Å². The third kappa shape index (κ3) is 2.43. The minimum Gasteiger partial charge on any atom is -0.323 e. The van der Waals surface area contributed by atoms with Crippen LogP contribution >= 0.6 is 0 Å². The van der Waals surface area contributed by atoms with E-state index in [1.54, 1.807) is 17.1 Å². The smallest absolute Gasteiger partial charge is 0.0751 e. The van der Waals surface area contributed by atoms with Crippen LogP contribution in [-0.2, 0) is 13.5 Å². The van der Waals surface area contributed by atoms with Crippen LogP contribution in [0.15, 0.2) is 30.7 Å². The molecule has 5 heteroatoms. The molecule has 0 aliphatic heterocycles. The Morgan fingerprint density at radius 3 is 2.94 bits per heavy atom. The Hall–Kier alpha value is -1.75. The lowest BCUT2D eigenvalue weighted by Crippen LogP contribution is -2.15. The van der Waals surface area contributed by atoms with E-state index in [4.69, 9.17) is 5.73 Å². The Morgan fingerprint density at radius 2 is 2.31 bits per heavy atom. The molecule has 16 heavy (non-hydrogen) atoms. The minimum atomic E-state index is -0.0276. The van der Waals surface area contributed by atoms with Gasteiger partial charge in [-0.05, 0) is 24.5 Å². The van der Waals surface area contributed by atoms with E-state index >= 15 is 0 Å². The molecule has 0 aliphatic carbocycles. The van der Waals surface area contributed by atoms with Gasteiger partial charge in [0.15, 0.2) is 0 Å². The summed E-state index contributed by atoms with van der Waals surface area (Å²) in [4.78, 5) is 4.07. The Bertz CT molecular complexity index is 437. The zero-order valence-electron chi connectivity index (χ0n) is 9.24. The van der Waals surface area contributed by atoms with E-state index in [1.165, 1.54) is 5.56 Å². The fraction of sp³-hybridized carbons (Fsp3) is 0.364. The van der Waals surface area contributed by atoms with Crippen molar-refractivity contribution in [2.45, 2.75) is 18.9 Å². The highest BCUT2D eigenvalue weighted by molar-refractivity contribution is 5.10. The normalized spacial score (nSPS) is 12.6. The summed E-state index contributed by atoms with van der Waals surface area (Å²) in [5.41, 5.74) is 8.23. The summed E-state index contributed by atoms with van der Waals surface area (Å²) in [5, 5.41) is 7.69. The van der Waals surface area contributed by atoms with E-state index < -0.39 is 0 Å². The van der Waals surface area contributed by atoms with E-state index in [1.807, 2.05) is 19.3 Å². The van der Waals surface area contributed by atoms with E-state index in [-0.39, 0.29) is 6.04 Å². The molecule has 1 unspecified atom stereocenters. The van der Waals surface area contributed by atoms with Crippen molar-refractivity contribution >= 4 is 0 Å². The lowest BCUT2D eigenvalue weighted by Gasteiger charge is -2.10. The number of aryl methyl sites for hydroxylation is 2. The zero-order valence-corrected chi connectivity index (χ0v) is 9.24. The summed E-state index contributed by atoms with van der Waals surface area (Å²) in [6.07, 6.45) is 7.14. The van der Waals surface area contributed by atoms with Crippen LogP contribution in [0.2, 0.25) is 0 Å². The summed E-state index contributed by atoms with van der Waals surface area (Å²) in [6, 6.07) is 3.97. The number of hydrogen-bond donors (Lipinski definition) is 1. The largest absolute Gasteiger partial charge is 0.323 e. The highest BCUT2D eigenvalue weighted by Gasteiger charge is 2.10. The second kappa shape index (κ2) is 4.85. The van der Waals surface area contributed by atoms with E-state index in [9.17, 15) is 0 Å². The molecule has 5 nitrogen and oxygen atoms in total. The van der Waals surface area contributed by atoms with Gasteiger partial charge in [0.05, 0.1) is 11.9 Å². The summed E-state index contributed by atoms with van der Waals surface area (Å²) in [6.45, 7) is 0. The first-order valence-electron chi connectivity index (χ1n) is 5.26. The van der Waals surface area contributed by atoms with Gasteiger partial charge in [-0.2, -0.15) is 0 Å². The summed E-state index contributed by atoms with van der Waals surface area (Å²) in [7, 11) is 1.85. The monoisotopic (exact) mass is 217 g/mol. The van der Waals surface area contributed by atoms with Gasteiger partial charge in [0.25, 0.3) is 0 Å². The number of rotatable bonds is 4. The van der Waals surface area contributed by atoms with Crippen LogP contribution in [0.3, 0.4) is 0 Å².